The van der Waals surface area contributed by atoms with Gasteiger partial charge in [0.1, 0.15) is 5.78 Å². The van der Waals surface area contributed by atoms with Gasteiger partial charge in [0.2, 0.25) is 0 Å². The van der Waals surface area contributed by atoms with Gasteiger partial charge < -0.3 is 0 Å². The lowest BCUT2D eigenvalue weighted by atomic mass is 9.85. The third-order valence-electron chi connectivity index (χ3n) is 4.98. The normalized spacial score (nSPS) is 12.9. The van der Waals surface area contributed by atoms with Crippen LogP contribution in [0.25, 0.3) is 10.8 Å². The van der Waals surface area contributed by atoms with Gasteiger partial charge in [0.15, 0.2) is 0 Å². The average Bonchev–Trinajstić information content (AvgIpc) is 2.57. The van der Waals surface area contributed by atoms with Crippen molar-refractivity contribution in [2.45, 2.75) is 59.8 Å². The fourth-order valence-corrected chi connectivity index (χ4v) is 3.33. The van der Waals surface area contributed by atoms with Crippen LogP contribution >= 0.6 is 0 Å². The molecule has 1 heteroatoms. The summed E-state index contributed by atoms with van der Waals surface area (Å²) in [7, 11) is 0. The minimum atomic E-state index is 0.160. The second kappa shape index (κ2) is 9.01. The first-order valence-corrected chi connectivity index (χ1v) is 9.46. The highest BCUT2D eigenvalue weighted by atomic mass is 16.1. The molecule has 2 rings (SSSR count). The first-order chi connectivity index (χ1) is 11.5. The van der Waals surface area contributed by atoms with Gasteiger partial charge in [-0.3, -0.25) is 4.79 Å². The standard InChI is InChI=1S/C23H32O/c1-17(2)12-13-19(14-15-23(24)18(3)4)16-21-10-7-9-20-8-5-6-11-22(20)21/h5-11,17-19H,12-16H2,1-4H3. The van der Waals surface area contributed by atoms with Crippen LogP contribution in [0.4, 0.5) is 0 Å². The maximum atomic E-state index is 12.1. The number of benzene rings is 2. The molecule has 0 fully saturated rings. The van der Waals surface area contributed by atoms with E-state index < -0.39 is 0 Å². The highest BCUT2D eigenvalue weighted by Crippen LogP contribution is 2.27. The molecule has 0 amide bonds. The molecular formula is C23H32O. The van der Waals surface area contributed by atoms with E-state index in [4.69, 9.17) is 0 Å². The number of rotatable bonds is 9. The lowest BCUT2D eigenvalue weighted by molar-refractivity contribution is -0.122. The largest absolute Gasteiger partial charge is 0.299 e. The van der Waals surface area contributed by atoms with Crippen molar-refractivity contribution in [1.82, 2.24) is 0 Å². The molecule has 0 spiro atoms. The summed E-state index contributed by atoms with van der Waals surface area (Å²) in [5, 5.41) is 2.68. The summed E-state index contributed by atoms with van der Waals surface area (Å²) in [5.74, 6) is 1.89. The molecule has 24 heavy (non-hydrogen) atoms. The molecule has 0 radical (unpaired) electrons. The number of ketones is 1. The van der Waals surface area contributed by atoms with Crippen molar-refractivity contribution in [1.29, 1.82) is 0 Å². The van der Waals surface area contributed by atoms with Gasteiger partial charge in [0.25, 0.3) is 0 Å². The third kappa shape index (κ3) is 5.47. The fraction of sp³-hybridized carbons (Fsp3) is 0.522. The highest BCUT2D eigenvalue weighted by molar-refractivity contribution is 5.85. The Morgan fingerprint density at radius 3 is 2.29 bits per heavy atom. The van der Waals surface area contributed by atoms with Crippen molar-refractivity contribution >= 4 is 16.6 Å². The molecule has 130 valence electrons. The quantitative estimate of drug-likeness (QED) is 0.518. The summed E-state index contributed by atoms with van der Waals surface area (Å²) in [6.45, 7) is 8.59. The molecular weight excluding hydrogens is 292 g/mol. The molecule has 0 aliphatic rings. The van der Waals surface area contributed by atoms with E-state index in [0.717, 1.165) is 25.2 Å². The van der Waals surface area contributed by atoms with Crippen molar-refractivity contribution in [3.63, 3.8) is 0 Å². The topological polar surface area (TPSA) is 17.1 Å². The van der Waals surface area contributed by atoms with Crippen molar-refractivity contribution in [2.75, 3.05) is 0 Å². The predicted octanol–water partition coefficient (Wildman–Crippen LogP) is 6.44. The lowest BCUT2D eigenvalue weighted by Crippen LogP contribution is -2.12. The highest BCUT2D eigenvalue weighted by Gasteiger charge is 2.16. The Morgan fingerprint density at radius 2 is 1.58 bits per heavy atom. The molecule has 1 nitrogen and oxygen atoms in total. The van der Waals surface area contributed by atoms with Gasteiger partial charge >= 0.3 is 0 Å². The van der Waals surface area contributed by atoms with E-state index in [0.29, 0.717) is 11.7 Å². The molecule has 1 atom stereocenters. The number of carbonyl (C=O) groups excluding carboxylic acids is 1. The van der Waals surface area contributed by atoms with Gasteiger partial charge in [-0.2, -0.15) is 0 Å². The first kappa shape index (κ1) is 18.7. The molecule has 1 unspecified atom stereocenters. The second-order valence-electron chi connectivity index (χ2n) is 7.84. The van der Waals surface area contributed by atoms with E-state index >= 15 is 0 Å². The first-order valence-electron chi connectivity index (χ1n) is 9.46. The molecule has 0 aliphatic heterocycles. The molecule has 0 N–H and O–H groups in total. The van der Waals surface area contributed by atoms with Crippen molar-refractivity contribution in [2.24, 2.45) is 17.8 Å². The maximum absolute atomic E-state index is 12.1. The third-order valence-corrected chi connectivity index (χ3v) is 4.98. The van der Waals surface area contributed by atoms with Crippen LogP contribution in [-0.2, 0) is 11.2 Å². The Labute approximate surface area is 147 Å². The minimum absolute atomic E-state index is 0.160. The van der Waals surface area contributed by atoms with Gasteiger partial charge in [-0.25, -0.2) is 0 Å². The van der Waals surface area contributed by atoms with Crippen LogP contribution in [0.1, 0.15) is 58.9 Å². The van der Waals surface area contributed by atoms with Crippen LogP contribution < -0.4 is 0 Å². The number of fused-ring (bicyclic) bond motifs is 1. The van der Waals surface area contributed by atoms with Crippen molar-refractivity contribution in [3.05, 3.63) is 48.0 Å². The van der Waals surface area contributed by atoms with Gasteiger partial charge in [-0.15, -0.1) is 0 Å². The monoisotopic (exact) mass is 324 g/mol. The Balaban J connectivity index is 2.12. The lowest BCUT2D eigenvalue weighted by Gasteiger charge is -2.19. The van der Waals surface area contributed by atoms with Crippen LogP contribution in [0, 0.1) is 17.8 Å². The van der Waals surface area contributed by atoms with Gasteiger partial charge in [-0.1, -0.05) is 76.6 Å². The van der Waals surface area contributed by atoms with E-state index in [2.05, 4.69) is 56.3 Å². The van der Waals surface area contributed by atoms with Crippen LogP contribution in [-0.4, -0.2) is 5.78 Å². The van der Waals surface area contributed by atoms with Crippen LogP contribution in [0.3, 0.4) is 0 Å². The SMILES string of the molecule is CC(C)CCC(CCC(=O)C(C)C)Cc1cccc2ccccc12. The van der Waals surface area contributed by atoms with E-state index in [1.807, 2.05) is 13.8 Å². The van der Waals surface area contributed by atoms with Crippen LogP contribution in [0.5, 0.6) is 0 Å². The molecule has 0 aliphatic carbocycles. The minimum Gasteiger partial charge on any atom is -0.299 e. The van der Waals surface area contributed by atoms with Gasteiger partial charge in [-0.05, 0) is 47.4 Å². The number of hydrogen-bond donors (Lipinski definition) is 0. The Hall–Kier alpha value is -1.63. The Kier molecular flexibility index (Phi) is 7.02. The zero-order chi connectivity index (χ0) is 17.5. The summed E-state index contributed by atoms with van der Waals surface area (Å²) in [6.07, 6.45) is 5.29. The summed E-state index contributed by atoms with van der Waals surface area (Å²) in [6, 6.07) is 15.2. The molecule has 2 aromatic carbocycles. The van der Waals surface area contributed by atoms with E-state index in [9.17, 15) is 4.79 Å². The van der Waals surface area contributed by atoms with Gasteiger partial charge in [0.05, 0.1) is 0 Å². The van der Waals surface area contributed by atoms with E-state index in [1.165, 1.54) is 29.2 Å². The summed E-state index contributed by atoms with van der Waals surface area (Å²) < 4.78 is 0. The molecule has 0 heterocycles. The zero-order valence-electron chi connectivity index (χ0n) is 15.7. The van der Waals surface area contributed by atoms with Crippen LogP contribution in [0.15, 0.2) is 42.5 Å². The van der Waals surface area contributed by atoms with E-state index in [1.54, 1.807) is 0 Å². The number of carbonyl (C=O) groups is 1. The zero-order valence-corrected chi connectivity index (χ0v) is 15.7. The summed E-state index contributed by atoms with van der Waals surface area (Å²) in [5.41, 5.74) is 1.43. The molecule has 0 saturated heterocycles. The average molecular weight is 325 g/mol. The molecule has 0 aromatic heterocycles. The fourth-order valence-electron chi connectivity index (χ4n) is 3.33. The molecule has 0 bridgehead atoms. The second-order valence-corrected chi connectivity index (χ2v) is 7.84. The number of hydrogen-bond acceptors (Lipinski definition) is 1. The smallest absolute Gasteiger partial charge is 0.135 e. The molecule has 2 aromatic rings. The van der Waals surface area contributed by atoms with E-state index in [-0.39, 0.29) is 5.92 Å². The Morgan fingerprint density at radius 1 is 0.875 bits per heavy atom. The molecule has 0 saturated carbocycles. The number of Topliss-reactive ketones (excluding diaryl/α,β-unsaturated/α-hetero) is 1. The van der Waals surface area contributed by atoms with Crippen LogP contribution in [0.2, 0.25) is 0 Å². The van der Waals surface area contributed by atoms with Crippen molar-refractivity contribution < 1.29 is 4.79 Å². The summed E-state index contributed by atoms with van der Waals surface area (Å²) >= 11 is 0. The van der Waals surface area contributed by atoms with Gasteiger partial charge in [0, 0.05) is 12.3 Å². The maximum Gasteiger partial charge on any atom is 0.135 e. The Bertz CT molecular complexity index is 649. The van der Waals surface area contributed by atoms with Crippen molar-refractivity contribution in [3.8, 4) is 0 Å². The summed E-state index contributed by atoms with van der Waals surface area (Å²) in [4.78, 5) is 12.1. The predicted molar refractivity (Wildman–Crippen MR) is 104 cm³/mol.